The Hall–Kier alpha value is -1.83. The molecule has 0 fully saturated rings. The largest absolute Gasteiger partial charge is 0.492 e. The second-order valence-corrected chi connectivity index (χ2v) is 5.10. The van der Waals surface area contributed by atoms with Crippen LogP contribution >= 0.6 is 11.6 Å². The predicted molar refractivity (Wildman–Crippen MR) is 68.3 cm³/mol. The van der Waals surface area contributed by atoms with Gasteiger partial charge in [0.15, 0.2) is 11.5 Å². The van der Waals surface area contributed by atoms with Gasteiger partial charge in [-0.2, -0.15) is 13.2 Å². The molecule has 1 aromatic rings. The molecule has 0 unspecified atom stereocenters. The number of fused-ring (bicyclic) bond motifs is 1. The van der Waals surface area contributed by atoms with Gasteiger partial charge < -0.3 is 14.8 Å². The molecule has 1 heterocycles. The maximum atomic E-state index is 13.3. The summed E-state index contributed by atoms with van der Waals surface area (Å²) < 4.78 is 49.3. The highest BCUT2D eigenvalue weighted by atomic mass is 35.5. The maximum absolute atomic E-state index is 13.3. The summed E-state index contributed by atoms with van der Waals surface area (Å²) in [7, 11) is 0. The van der Waals surface area contributed by atoms with Crippen LogP contribution in [0.1, 0.15) is 13.8 Å². The molecular weight excluding hydrogens is 313 g/mol. The second kappa shape index (κ2) is 5.18. The van der Waals surface area contributed by atoms with E-state index in [0.717, 1.165) is 0 Å². The third-order valence-electron chi connectivity index (χ3n) is 2.48. The lowest BCUT2D eigenvalue weighted by atomic mass is 10.3. The quantitative estimate of drug-likeness (QED) is 0.879. The fourth-order valence-corrected chi connectivity index (χ4v) is 1.82. The second-order valence-electron chi connectivity index (χ2n) is 4.66. The first-order valence-electron chi connectivity index (χ1n) is 5.96. The minimum atomic E-state index is -4.99. The molecule has 0 spiro atoms. The Labute approximate surface area is 123 Å². The summed E-state index contributed by atoms with van der Waals surface area (Å²) in [5.74, 6) is -3.65. The molecule has 2 amide bonds. The van der Waals surface area contributed by atoms with E-state index in [1.807, 2.05) is 0 Å². The van der Waals surface area contributed by atoms with Gasteiger partial charge in [-0.05, 0) is 26.0 Å². The van der Waals surface area contributed by atoms with Gasteiger partial charge in [-0.1, -0.05) is 11.6 Å². The van der Waals surface area contributed by atoms with Crippen molar-refractivity contribution in [3.63, 3.8) is 0 Å². The van der Waals surface area contributed by atoms with Crippen LogP contribution in [0.5, 0.6) is 11.5 Å². The van der Waals surface area contributed by atoms with E-state index in [4.69, 9.17) is 21.1 Å². The van der Waals surface area contributed by atoms with E-state index in [1.54, 1.807) is 19.2 Å². The van der Waals surface area contributed by atoms with Gasteiger partial charge in [0.1, 0.15) is 0 Å². The SMILES string of the molecule is CC(C)NC(=O)N[C@]1(C(F)(F)F)Oc2ccc(Cl)cc2O1. The van der Waals surface area contributed by atoms with Gasteiger partial charge >= 0.3 is 18.1 Å². The number of nitrogens with one attached hydrogen (secondary N) is 2. The average Bonchev–Trinajstić information content (AvgIpc) is 2.65. The van der Waals surface area contributed by atoms with Crippen molar-refractivity contribution in [2.75, 3.05) is 0 Å². The Morgan fingerprint density at radius 2 is 1.90 bits per heavy atom. The van der Waals surface area contributed by atoms with E-state index in [2.05, 4.69) is 5.32 Å². The topological polar surface area (TPSA) is 59.6 Å². The molecule has 5 nitrogen and oxygen atoms in total. The van der Waals surface area contributed by atoms with Crippen LogP contribution in [0, 0.1) is 0 Å². The van der Waals surface area contributed by atoms with E-state index < -0.39 is 18.1 Å². The van der Waals surface area contributed by atoms with Crippen molar-refractivity contribution in [3.8, 4) is 11.5 Å². The first kappa shape index (κ1) is 15.6. The van der Waals surface area contributed by atoms with Crippen molar-refractivity contribution >= 4 is 17.6 Å². The highest BCUT2D eigenvalue weighted by Crippen LogP contribution is 2.45. The minimum Gasteiger partial charge on any atom is -0.424 e. The molecule has 116 valence electrons. The average molecular weight is 325 g/mol. The van der Waals surface area contributed by atoms with E-state index in [9.17, 15) is 18.0 Å². The Morgan fingerprint density at radius 3 is 2.48 bits per heavy atom. The number of carbonyl (C=O) groups is 1. The first-order chi connectivity index (χ1) is 9.63. The van der Waals surface area contributed by atoms with Crippen molar-refractivity contribution in [2.24, 2.45) is 0 Å². The molecule has 0 aliphatic carbocycles. The maximum Gasteiger partial charge on any atom is 0.492 e. The van der Waals surface area contributed by atoms with E-state index in [0.29, 0.717) is 0 Å². The molecule has 0 bridgehead atoms. The molecule has 21 heavy (non-hydrogen) atoms. The van der Waals surface area contributed by atoms with Gasteiger partial charge in [0.25, 0.3) is 0 Å². The number of alkyl halides is 3. The highest BCUT2D eigenvalue weighted by Gasteiger charge is 2.65. The van der Waals surface area contributed by atoms with Crippen LogP contribution in [-0.4, -0.2) is 24.2 Å². The molecule has 0 radical (unpaired) electrons. The zero-order valence-electron chi connectivity index (χ0n) is 11.0. The number of hydrogen-bond donors (Lipinski definition) is 2. The molecule has 1 atom stereocenters. The molecule has 0 saturated heterocycles. The van der Waals surface area contributed by atoms with Gasteiger partial charge in [0, 0.05) is 17.1 Å². The fraction of sp³-hybridized carbons (Fsp3) is 0.417. The lowest BCUT2D eigenvalue weighted by molar-refractivity contribution is -0.317. The lowest BCUT2D eigenvalue weighted by Gasteiger charge is -2.30. The Balaban J connectivity index is 2.28. The van der Waals surface area contributed by atoms with Crippen LogP contribution in [0.2, 0.25) is 5.02 Å². The standard InChI is InChI=1S/C12H12ClF3N2O3/c1-6(2)17-10(19)18-12(11(14,15)16)20-8-4-3-7(13)5-9(8)21-12/h3-6H,1-2H3,(H2,17,18,19)/t12-/m1/s1. The first-order valence-corrected chi connectivity index (χ1v) is 6.34. The minimum absolute atomic E-state index is 0.165. The van der Waals surface area contributed by atoms with Crippen molar-refractivity contribution in [1.82, 2.24) is 10.6 Å². The van der Waals surface area contributed by atoms with Gasteiger partial charge in [0.2, 0.25) is 0 Å². The lowest BCUT2D eigenvalue weighted by Crippen LogP contribution is -2.66. The van der Waals surface area contributed by atoms with Crippen LogP contribution in [0.15, 0.2) is 18.2 Å². The number of rotatable bonds is 2. The summed E-state index contributed by atoms with van der Waals surface area (Å²) in [5, 5.41) is 4.12. The number of benzene rings is 1. The molecule has 2 N–H and O–H groups in total. The van der Waals surface area contributed by atoms with Crippen LogP contribution in [0.3, 0.4) is 0 Å². The molecule has 1 aliphatic heterocycles. The smallest absolute Gasteiger partial charge is 0.424 e. The third-order valence-corrected chi connectivity index (χ3v) is 2.72. The highest BCUT2D eigenvalue weighted by molar-refractivity contribution is 6.30. The van der Waals surface area contributed by atoms with Crippen LogP contribution < -0.4 is 20.1 Å². The van der Waals surface area contributed by atoms with Crippen molar-refractivity contribution in [2.45, 2.75) is 32.0 Å². The number of urea groups is 1. The molecule has 1 aromatic carbocycles. The number of amides is 2. The number of hydrogen-bond acceptors (Lipinski definition) is 3. The van der Waals surface area contributed by atoms with Gasteiger partial charge in [-0.3, -0.25) is 5.32 Å². The zero-order chi connectivity index (χ0) is 15.8. The Kier molecular flexibility index (Phi) is 3.83. The molecule has 2 rings (SSSR count). The summed E-state index contributed by atoms with van der Waals surface area (Å²) in [6.07, 6.45) is -4.99. The summed E-state index contributed by atoms with van der Waals surface area (Å²) >= 11 is 5.69. The zero-order valence-corrected chi connectivity index (χ0v) is 11.8. The van der Waals surface area contributed by atoms with Crippen molar-refractivity contribution < 1.29 is 27.4 Å². The van der Waals surface area contributed by atoms with E-state index >= 15 is 0 Å². The normalized spacial score (nSPS) is 20.5. The fourth-order valence-electron chi connectivity index (χ4n) is 1.66. The number of halogens is 4. The van der Waals surface area contributed by atoms with E-state index in [-0.39, 0.29) is 22.6 Å². The van der Waals surface area contributed by atoms with E-state index in [1.165, 1.54) is 18.2 Å². The molecule has 0 aromatic heterocycles. The Bertz CT molecular complexity index is 565. The summed E-state index contributed by atoms with van der Waals surface area (Å²) in [6.45, 7) is 3.20. The summed E-state index contributed by atoms with van der Waals surface area (Å²) in [5.41, 5.74) is 0. The molecule has 1 aliphatic rings. The third kappa shape index (κ3) is 3.10. The van der Waals surface area contributed by atoms with Crippen LogP contribution in [0.25, 0.3) is 0 Å². The molecule has 0 saturated carbocycles. The predicted octanol–water partition coefficient (Wildman–Crippen LogP) is 3.03. The molecule has 9 heteroatoms. The van der Waals surface area contributed by atoms with Crippen LogP contribution in [0.4, 0.5) is 18.0 Å². The number of ether oxygens (including phenoxy) is 2. The van der Waals surface area contributed by atoms with Gasteiger partial charge in [-0.25, -0.2) is 4.79 Å². The number of carbonyl (C=O) groups excluding carboxylic acids is 1. The van der Waals surface area contributed by atoms with Crippen molar-refractivity contribution in [1.29, 1.82) is 0 Å². The van der Waals surface area contributed by atoms with Crippen LogP contribution in [-0.2, 0) is 0 Å². The summed E-state index contributed by atoms with van der Waals surface area (Å²) in [6, 6.07) is 2.33. The Morgan fingerprint density at radius 1 is 1.29 bits per heavy atom. The van der Waals surface area contributed by atoms with Gasteiger partial charge in [-0.15, -0.1) is 0 Å². The van der Waals surface area contributed by atoms with Gasteiger partial charge in [0.05, 0.1) is 0 Å². The summed E-state index contributed by atoms with van der Waals surface area (Å²) in [4.78, 5) is 11.6. The van der Waals surface area contributed by atoms with Crippen molar-refractivity contribution in [3.05, 3.63) is 23.2 Å². The monoisotopic (exact) mass is 324 g/mol. The molecular formula is C12H12ClF3N2O3.